The lowest BCUT2D eigenvalue weighted by molar-refractivity contribution is -0.148. The van der Waals surface area contributed by atoms with Gasteiger partial charge in [0.15, 0.2) is 0 Å². The summed E-state index contributed by atoms with van der Waals surface area (Å²) in [5.41, 5.74) is 0. The Labute approximate surface area is 163 Å². The number of rotatable bonds is 6. The maximum atomic E-state index is 13.1. The van der Waals surface area contributed by atoms with Crippen molar-refractivity contribution < 1.29 is 29.4 Å². The molecule has 3 aliphatic rings. The van der Waals surface area contributed by atoms with Gasteiger partial charge in [-0.3, -0.25) is 14.4 Å². The summed E-state index contributed by atoms with van der Waals surface area (Å²) in [7, 11) is 0. The fourth-order valence-corrected chi connectivity index (χ4v) is 4.33. The SMILES string of the molecule is O=C(O)[C@H](CO)NC(=O)[C@@H]1CCCN1C(=O)[C@@H]1CCCN1C(=O)[C@@H]1CCCN1. The summed E-state index contributed by atoms with van der Waals surface area (Å²) in [6.45, 7) is 1.01. The van der Waals surface area contributed by atoms with Crippen molar-refractivity contribution in [3.8, 4) is 0 Å². The molecule has 3 aliphatic heterocycles. The van der Waals surface area contributed by atoms with Crippen molar-refractivity contribution >= 4 is 23.7 Å². The number of hydrogen-bond donors (Lipinski definition) is 4. The summed E-state index contributed by atoms with van der Waals surface area (Å²) in [4.78, 5) is 52.6. The Bertz CT molecular complexity index is 636. The van der Waals surface area contributed by atoms with E-state index in [4.69, 9.17) is 10.2 Å². The Balaban J connectivity index is 1.67. The van der Waals surface area contributed by atoms with Crippen LogP contribution in [-0.2, 0) is 19.2 Å². The molecule has 3 rings (SSSR count). The lowest BCUT2D eigenvalue weighted by Crippen LogP contribution is -2.56. The van der Waals surface area contributed by atoms with Gasteiger partial charge in [-0.05, 0) is 45.1 Å². The van der Waals surface area contributed by atoms with E-state index in [1.54, 1.807) is 4.90 Å². The summed E-state index contributed by atoms with van der Waals surface area (Å²) in [6, 6.07) is -2.99. The minimum Gasteiger partial charge on any atom is -0.480 e. The third kappa shape index (κ3) is 4.12. The molecular weight excluding hydrogens is 368 g/mol. The standard InChI is InChI=1S/C18H28N4O6/c23-10-12(18(27)28)20-15(24)13-5-2-8-21(13)17(26)14-6-3-9-22(14)16(25)11-4-1-7-19-11/h11-14,19,23H,1-10H2,(H,20,24)(H,27,28)/t11-,12-,13-,14-/m0/s1. The van der Waals surface area contributed by atoms with Gasteiger partial charge in [-0.1, -0.05) is 0 Å². The summed E-state index contributed by atoms with van der Waals surface area (Å²) < 4.78 is 0. The molecule has 10 heteroatoms. The zero-order valence-electron chi connectivity index (χ0n) is 15.8. The van der Waals surface area contributed by atoms with Crippen molar-refractivity contribution in [2.45, 2.75) is 62.7 Å². The molecule has 3 saturated heterocycles. The number of carbonyl (C=O) groups is 4. The minimum atomic E-state index is -1.40. The van der Waals surface area contributed by atoms with E-state index in [2.05, 4.69) is 10.6 Å². The molecule has 3 fully saturated rings. The van der Waals surface area contributed by atoms with Crippen molar-refractivity contribution in [2.24, 2.45) is 0 Å². The Morgan fingerprint density at radius 1 is 0.964 bits per heavy atom. The normalized spacial score (nSPS) is 28.4. The van der Waals surface area contributed by atoms with Crippen LogP contribution in [0.2, 0.25) is 0 Å². The van der Waals surface area contributed by atoms with Gasteiger partial charge < -0.3 is 30.6 Å². The number of carbonyl (C=O) groups excluding carboxylic acids is 3. The molecule has 0 unspecified atom stereocenters. The van der Waals surface area contributed by atoms with Crippen molar-refractivity contribution in [2.75, 3.05) is 26.2 Å². The molecule has 156 valence electrons. The Kier molecular flexibility index (Phi) is 6.50. The van der Waals surface area contributed by atoms with Crippen molar-refractivity contribution in [1.82, 2.24) is 20.4 Å². The first kappa shape index (κ1) is 20.5. The monoisotopic (exact) mass is 396 g/mol. The number of carboxylic acids is 1. The second-order valence-corrected chi connectivity index (χ2v) is 7.61. The first-order chi connectivity index (χ1) is 13.4. The highest BCUT2D eigenvalue weighted by Gasteiger charge is 2.43. The highest BCUT2D eigenvalue weighted by atomic mass is 16.4. The summed E-state index contributed by atoms with van der Waals surface area (Å²) in [6.07, 6.45) is 4.07. The third-order valence-electron chi connectivity index (χ3n) is 5.82. The zero-order valence-corrected chi connectivity index (χ0v) is 15.8. The molecule has 3 heterocycles. The molecule has 0 aromatic carbocycles. The number of nitrogens with zero attached hydrogens (tertiary/aromatic N) is 2. The Morgan fingerprint density at radius 3 is 2.18 bits per heavy atom. The molecule has 3 amide bonds. The molecule has 0 radical (unpaired) electrons. The van der Waals surface area contributed by atoms with Crippen LogP contribution < -0.4 is 10.6 Å². The topological polar surface area (TPSA) is 139 Å². The quantitative estimate of drug-likeness (QED) is 0.419. The van der Waals surface area contributed by atoms with Crippen molar-refractivity contribution in [3.05, 3.63) is 0 Å². The van der Waals surface area contributed by atoms with E-state index in [1.807, 2.05) is 0 Å². The van der Waals surface area contributed by atoms with Crippen molar-refractivity contribution in [1.29, 1.82) is 0 Å². The Morgan fingerprint density at radius 2 is 1.61 bits per heavy atom. The average molecular weight is 396 g/mol. The number of carboxylic acid groups (broad SMARTS) is 1. The van der Waals surface area contributed by atoms with Crippen LogP contribution in [0.15, 0.2) is 0 Å². The highest BCUT2D eigenvalue weighted by molar-refractivity contribution is 5.95. The maximum absolute atomic E-state index is 13.1. The second kappa shape index (κ2) is 8.87. The number of nitrogens with one attached hydrogen (secondary N) is 2. The molecule has 0 spiro atoms. The van der Waals surface area contributed by atoms with Crippen LogP contribution in [0.25, 0.3) is 0 Å². The summed E-state index contributed by atoms with van der Waals surface area (Å²) in [5.74, 6) is -2.22. The van der Waals surface area contributed by atoms with Crippen LogP contribution in [-0.4, -0.2) is 94.1 Å². The van der Waals surface area contributed by atoms with Gasteiger partial charge in [-0.25, -0.2) is 4.79 Å². The van der Waals surface area contributed by atoms with Crippen molar-refractivity contribution in [3.63, 3.8) is 0 Å². The molecule has 0 saturated carbocycles. The first-order valence-corrected chi connectivity index (χ1v) is 9.92. The smallest absolute Gasteiger partial charge is 0.328 e. The van der Waals surface area contributed by atoms with E-state index >= 15 is 0 Å². The molecule has 0 aliphatic carbocycles. The summed E-state index contributed by atoms with van der Waals surface area (Å²) >= 11 is 0. The predicted octanol–water partition coefficient (Wildman–Crippen LogP) is -1.72. The van der Waals surface area contributed by atoms with Crippen LogP contribution in [0.3, 0.4) is 0 Å². The van der Waals surface area contributed by atoms with Crippen LogP contribution in [0.4, 0.5) is 0 Å². The van der Waals surface area contributed by atoms with Gasteiger partial charge in [0.05, 0.1) is 12.6 Å². The van der Waals surface area contributed by atoms with Crippen LogP contribution >= 0.6 is 0 Å². The predicted molar refractivity (Wildman–Crippen MR) is 97.1 cm³/mol. The highest BCUT2D eigenvalue weighted by Crippen LogP contribution is 2.26. The molecule has 28 heavy (non-hydrogen) atoms. The van der Waals surface area contributed by atoms with E-state index in [0.717, 1.165) is 25.8 Å². The number of aliphatic hydroxyl groups excluding tert-OH is 1. The zero-order chi connectivity index (χ0) is 20.3. The van der Waals surface area contributed by atoms with Gasteiger partial charge in [-0.15, -0.1) is 0 Å². The second-order valence-electron chi connectivity index (χ2n) is 7.61. The molecule has 0 aromatic heterocycles. The molecule has 0 aromatic rings. The van der Waals surface area contributed by atoms with Crippen LogP contribution in [0.1, 0.15) is 38.5 Å². The average Bonchev–Trinajstić information content (AvgIpc) is 3.44. The largest absolute Gasteiger partial charge is 0.480 e. The van der Waals surface area contributed by atoms with Gasteiger partial charge >= 0.3 is 5.97 Å². The number of likely N-dealkylation sites (tertiary alicyclic amines) is 2. The van der Waals surface area contributed by atoms with Gasteiger partial charge in [0.25, 0.3) is 0 Å². The van der Waals surface area contributed by atoms with Crippen LogP contribution in [0, 0.1) is 0 Å². The van der Waals surface area contributed by atoms with E-state index in [1.165, 1.54) is 4.90 Å². The number of aliphatic carboxylic acids is 1. The van der Waals surface area contributed by atoms with Gasteiger partial charge in [0.2, 0.25) is 17.7 Å². The third-order valence-corrected chi connectivity index (χ3v) is 5.82. The summed E-state index contributed by atoms with van der Waals surface area (Å²) in [5, 5.41) is 23.6. The van der Waals surface area contributed by atoms with Crippen LogP contribution in [0.5, 0.6) is 0 Å². The molecule has 10 nitrogen and oxygen atoms in total. The van der Waals surface area contributed by atoms with E-state index < -0.39 is 36.6 Å². The fourth-order valence-electron chi connectivity index (χ4n) is 4.33. The lowest BCUT2D eigenvalue weighted by atomic mass is 10.1. The minimum absolute atomic E-state index is 0.0558. The molecule has 4 N–H and O–H groups in total. The number of aliphatic hydroxyl groups is 1. The maximum Gasteiger partial charge on any atom is 0.328 e. The lowest BCUT2D eigenvalue weighted by Gasteiger charge is -2.32. The molecule has 0 bridgehead atoms. The Hall–Kier alpha value is -2.20. The number of hydrogen-bond acceptors (Lipinski definition) is 6. The number of amides is 3. The molecule has 4 atom stereocenters. The van der Waals surface area contributed by atoms with Gasteiger partial charge in [-0.2, -0.15) is 0 Å². The van der Waals surface area contributed by atoms with E-state index in [-0.39, 0.29) is 17.9 Å². The fraction of sp³-hybridized carbons (Fsp3) is 0.778. The van der Waals surface area contributed by atoms with E-state index in [0.29, 0.717) is 32.4 Å². The van der Waals surface area contributed by atoms with Gasteiger partial charge in [0.1, 0.15) is 18.1 Å². The first-order valence-electron chi connectivity index (χ1n) is 9.92. The molecular formula is C18H28N4O6. The van der Waals surface area contributed by atoms with Gasteiger partial charge in [0, 0.05) is 13.1 Å². The van der Waals surface area contributed by atoms with E-state index in [9.17, 15) is 19.2 Å².